The van der Waals surface area contributed by atoms with E-state index in [9.17, 15) is 4.79 Å². The lowest BCUT2D eigenvalue weighted by atomic mass is 10.1. The molecule has 0 unspecified atom stereocenters. The summed E-state index contributed by atoms with van der Waals surface area (Å²) in [5, 5.41) is 5.60. The predicted octanol–water partition coefficient (Wildman–Crippen LogP) is 4.06. The molecule has 1 saturated heterocycles. The second-order valence-electron chi connectivity index (χ2n) is 9.09. The van der Waals surface area contributed by atoms with Crippen molar-refractivity contribution >= 4 is 22.8 Å². The summed E-state index contributed by atoms with van der Waals surface area (Å²) in [6.45, 7) is 5.10. The molecule has 2 aromatic carbocycles. The Labute approximate surface area is 211 Å². The molecule has 1 aliphatic rings. The molecule has 186 valence electrons. The zero-order valence-corrected chi connectivity index (χ0v) is 20.9. The third-order valence-corrected chi connectivity index (χ3v) is 6.59. The number of aromatic nitrogens is 4. The SMILES string of the molecule is CCCc1nc(N2CCCN(C(=O)Cc3ccc(OC)cc3)CC2)c2cnn(-c3ccccc3)c2n1. The average molecular weight is 485 g/mol. The number of fused-ring (bicyclic) bond motifs is 1. The largest absolute Gasteiger partial charge is 0.497 e. The van der Waals surface area contributed by atoms with E-state index in [4.69, 9.17) is 14.7 Å². The molecule has 0 radical (unpaired) electrons. The van der Waals surface area contributed by atoms with Crippen LogP contribution < -0.4 is 9.64 Å². The van der Waals surface area contributed by atoms with Crippen LogP contribution in [0.25, 0.3) is 16.7 Å². The van der Waals surface area contributed by atoms with Gasteiger partial charge < -0.3 is 14.5 Å². The quantitative estimate of drug-likeness (QED) is 0.394. The van der Waals surface area contributed by atoms with Crippen LogP contribution in [0.2, 0.25) is 0 Å². The maximum absolute atomic E-state index is 13.1. The van der Waals surface area contributed by atoms with E-state index in [0.29, 0.717) is 13.0 Å². The molecule has 0 bridgehead atoms. The Balaban J connectivity index is 1.37. The van der Waals surface area contributed by atoms with Crippen molar-refractivity contribution in [3.8, 4) is 11.4 Å². The van der Waals surface area contributed by atoms with E-state index in [-0.39, 0.29) is 5.91 Å². The van der Waals surface area contributed by atoms with Gasteiger partial charge in [-0.3, -0.25) is 4.79 Å². The molecule has 0 atom stereocenters. The molecule has 3 heterocycles. The van der Waals surface area contributed by atoms with Crippen LogP contribution in [0.1, 0.15) is 31.2 Å². The van der Waals surface area contributed by atoms with Crippen molar-refractivity contribution in [2.45, 2.75) is 32.6 Å². The molecule has 0 aliphatic carbocycles. The van der Waals surface area contributed by atoms with Gasteiger partial charge in [0, 0.05) is 32.6 Å². The van der Waals surface area contributed by atoms with Crippen LogP contribution in [0, 0.1) is 0 Å². The Kier molecular flexibility index (Phi) is 7.11. The first kappa shape index (κ1) is 23.8. The number of carbonyl (C=O) groups is 1. The number of hydrogen-bond donors (Lipinski definition) is 0. The van der Waals surface area contributed by atoms with Crippen molar-refractivity contribution in [2.24, 2.45) is 0 Å². The van der Waals surface area contributed by atoms with Gasteiger partial charge in [0.15, 0.2) is 5.65 Å². The minimum Gasteiger partial charge on any atom is -0.497 e. The minimum absolute atomic E-state index is 0.151. The number of aryl methyl sites for hydroxylation is 1. The van der Waals surface area contributed by atoms with E-state index in [1.54, 1.807) is 7.11 Å². The molecule has 5 rings (SSSR count). The van der Waals surface area contributed by atoms with Gasteiger partial charge in [-0.1, -0.05) is 37.3 Å². The fraction of sp³-hybridized carbons (Fsp3) is 0.357. The van der Waals surface area contributed by atoms with Crippen LogP contribution in [0.4, 0.5) is 5.82 Å². The van der Waals surface area contributed by atoms with E-state index in [0.717, 1.165) is 78.6 Å². The standard InChI is InChI=1S/C28H32N6O2/c1-3-8-25-30-27(24-20-29-34(28(24)31-25)22-9-5-4-6-10-22)33-16-7-15-32(17-18-33)26(35)19-21-11-13-23(36-2)14-12-21/h4-6,9-14,20H,3,7-8,15-19H2,1-2H3. The van der Waals surface area contributed by atoms with E-state index >= 15 is 0 Å². The molecule has 0 N–H and O–H groups in total. The molecule has 4 aromatic rings. The molecule has 1 aliphatic heterocycles. The maximum atomic E-state index is 13.1. The molecule has 0 spiro atoms. The van der Waals surface area contributed by atoms with E-state index in [1.807, 2.05) is 70.4 Å². The number of para-hydroxylation sites is 1. The van der Waals surface area contributed by atoms with Gasteiger partial charge in [-0.05, 0) is 42.7 Å². The highest BCUT2D eigenvalue weighted by Crippen LogP contribution is 2.27. The Bertz CT molecular complexity index is 1320. The lowest BCUT2D eigenvalue weighted by Gasteiger charge is -2.24. The number of benzene rings is 2. The molecule has 8 heteroatoms. The van der Waals surface area contributed by atoms with E-state index < -0.39 is 0 Å². The van der Waals surface area contributed by atoms with Crippen LogP contribution in [-0.2, 0) is 17.6 Å². The summed E-state index contributed by atoms with van der Waals surface area (Å²) in [5.41, 5.74) is 2.80. The van der Waals surface area contributed by atoms with Crippen LogP contribution in [0.15, 0.2) is 60.8 Å². The normalized spacial score (nSPS) is 14.2. The highest BCUT2D eigenvalue weighted by atomic mass is 16.5. The molecule has 8 nitrogen and oxygen atoms in total. The summed E-state index contributed by atoms with van der Waals surface area (Å²) >= 11 is 0. The van der Waals surface area contributed by atoms with E-state index in [1.165, 1.54) is 0 Å². The Morgan fingerprint density at radius 1 is 0.972 bits per heavy atom. The summed E-state index contributed by atoms with van der Waals surface area (Å²) in [5.74, 6) is 2.69. The molecule has 2 aromatic heterocycles. The summed E-state index contributed by atoms with van der Waals surface area (Å²) in [6.07, 6.45) is 4.92. The summed E-state index contributed by atoms with van der Waals surface area (Å²) in [6, 6.07) is 17.8. The number of anilines is 1. The van der Waals surface area contributed by atoms with Crippen molar-refractivity contribution in [3.05, 3.63) is 72.2 Å². The number of ether oxygens (including phenoxy) is 1. The third kappa shape index (κ3) is 5.03. The van der Waals surface area contributed by atoms with Crippen molar-refractivity contribution in [2.75, 3.05) is 38.2 Å². The molecule has 1 fully saturated rings. The molecular weight excluding hydrogens is 452 g/mol. The fourth-order valence-corrected chi connectivity index (χ4v) is 4.68. The Morgan fingerprint density at radius 3 is 2.53 bits per heavy atom. The summed E-state index contributed by atoms with van der Waals surface area (Å²) in [4.78, 5) is 27.2. The molecule has 0 saturated carbocycles. The lowest BCUT2D eigenvalue weighted by Crippen LogP contribution is -2.36. The average Bonchev–Trinajstić information content (AvgIpc) is 3.18. The summed E-state index contributed by atoms with van der Waals surface area (Å²) in [7, 11) is 1.65. The molecular formula is C28H32N6O2. The highest BCUT2D eigenvalue weighted by molar-refractivity contribution is 5.88. The van der Waals surface area contributed by atoms with Gasteiger partial charge in [0.1, 0.15) is 17.4 Å². The number of nitrogens with zero attached hydrogens (tertiary/aromatic N) is 6. The van der Waals surface area contributed by atoms with Gasteiger partial charge >= 0.3 is 0 Å². The van der Waals surface area contributed by atoms with Gasteiger partial charge in [-0.15, -0.1) is 0 Å². The number of hydrogen-bond acceptors (Lipinski definition) is 6. The fourth-order valence-electron chi connectivity index (χ4n) is 4.68. The predicted molar refractivity (Wildman–Crippen MR) is 141 cm³/mol. The topological polar surface area (TPSA) is 76.4 Å². The number of methoxy groups -OCH3 is 1. The van der Waals surface area contributed by atoms with Gasteiger partial charge in [-0.2, -0.15) is 5.10 Å². The van der Waals surface area contributed by atoms with Crippen molar-refractivity contribution in [1.29, 1.82) is 0 Å². The smallest absolute Gasteiger partial charge is 0.227 e. The Morgan fingerprint density at radius 2 is 1.78 bits per heavy atom. The summed E-state index contributed by atoms with van der Waals surface area (Å²) < 4.78 is 7.12. The Hall–Kier alpha value is -3.94. The minimum atomic E-state index is 0.151. The zero-order valence-electron chi connectivity index (χ0n) is 20.9. The van der Waals surface area contributed by atoms with Crippen LogP contribution in [-0.4, -0.2) is 63.8 Å². The maximum Gasteiger partial charge on any atom is 0.227 e. The molecule has 1 amide bonds. The van der Waals surface area contributed by atoms with Gasteiger partial charge in [0.25, 0.3) is 0 Å². The van der Waals surface area contributed by atoms with Gasteiger partial charge in [0.05, 0.1) is 30.8 Å². The first-order valence-corrected chi connectivity index (χ1v) is 12.6. The second-order valence-corrected chi connectivity index (χ2v) is 9.09. The molecule has 36 heavy (non-hydrogen) atoms. The highest BCUT2D eigenvalue weighted by Gasteiger charge is 2.23. The second kappa shape index (κ2) is 10.8. The number of amides is 1. The van der Waals surface area contributed by atoms with Crippen molar-refractivity contribution in [1.82, 2.24) is 24.6 Å². The van der Waals surface area contributed by atoms with Gasteiger partial charge in [-0.25, -0.2) is 14.6 Å². The third-order valence-electron chi connectivity index (χ3n) is 6.59. The number of rotatable bonds is 7. The zero-order chi connectivity index (χ0) is 24.9. The monoisotopic (exact) mass is 484 g/mol. The van der Waals surface area contributed by atoms with Crippen molar-refractivity contribution in [3.63, 3.8) is 0 Å². The number of carbonyl (C=O) groups excluding carboxylic acids is 1. The first-order valence-electron chi connectivity index (χ1n) is 12.6. The van der Waals surface area contributed by atoms with Crippen LogP contribution in [0.5, 0.6) is 5.75 Å². The van der Waals surface area contributed by atoms with Crippen LogP contribution >= 0.6 is 0 Å². The lowest BCUT2D eigenvalue weighted by molar-refractivity contribution is -0.130. The van der Waals surface area contributed by atoms with Gasteiger partial charge in [0.2, 0.25) is 5.91 Å². The van der Waals surface area contributed by atoms with Crippen molar-refractivity contribution < 1.29 is 9.53 Å². The first-order chi connectivity index (χ1) is 17.7. The van der Waals surface area contributed by atoms with E-state index in [2.05, 4.69) is 16.9 Å². The van der Waals surface area contributed by atoms with Crippen LogP contribution in [0.3, 0.4) is 0 Å².